The van der Waals surface area contributed by atoms with Crippen molar-refractivity contribution in [3.63, 3.8) is 0 Å². The zero-order valence-corrected chi connectivity index (χ0v) is 9.73. The van der Waals surface area contributed by atoms with Gasteiger partial charge in [0.1, 0.15) is 0 Å². The van der Waals surface area contributed by atoms with E-state index in [0.29, 0.717) is 0 Å². The zero-order valence-electron chi connectivity index (χ0n) is 9.73. The first kappa shape index (κ1) is 12.3. The minimum absolute atomic E-state index is 0.0165. The summed E-state index contributed by atoms with van der Waals surface area (Å²) in [5, 5.41) is 19.5. The van der Waals surface area contributed by atoms with Crippen molar-refractivity contribution in [2.24, 2.45) is 4.99 Å². The van der Waals surface area contributed by atoms with Crippen molar-refractivity contribution in [3.8, 4) is 0 Å². The van der Waals surface area contributed by atoms with Crippen molar-refractivity contribution >= 4 is 12.3 Å². The number of amides is 1. The van der Waals surface area contributed by atoms with E-state index >= 15 is 0 Å². The van der Waals surface area contributed by atoms with E-state index in [2.05, 4.69) is 4.99 Å². The monoisotopic (exact) mass is 246 g/mol. The number of aliphatic hydroxyl groups is 1. The molecule has 0 bridgehead atoms. The highest BCUT2D eigenvalue weighted by atomic mass is 16.4. The smallest absolute Gasteiger partial charge is 0.410 e. The summed E-state index contributed by atoms with van der Waals surface area (Å²) < 4.78 is 0. The number of dihydropyridines is 1. The minimum Gasteiger partial charge on any atom is -0.465 e. The van der Waals surface area contributed by atoms with Crippen LogP contribution in [-0.2, 0) is 6.54 Å². The molecule has 1 aromatic rings. The molecule has 0 saturated heterocycles. The fourth-order valence-corrected chi connectivity index (χ4v) is 1.81. The molecule has 1 heterocycles. The minimum atomic E-state index is -1.57. The second-order valence-electron chi connectivity index (χ2n) is 4.08. The van der Waals surface area contributed by atoms with Crippen LogP contribution in [0.25, 0.3) is 0 Å². The van der Waals surface area contributed by atoms with E-state index in [0.717, 1.165) is 10.5 Å². The summed E-state index contributed by atoms with van der Waals surface area (Å²) >= 11 is 0. The van der Waals surface area contributed by atoms with Crippen molar-refractivity contribution in [2.45, 2.75) is 12.3 Å². The molecule has 1 aromatic carbocycles. The van der Waals surface area contributed by atoms with Gasteiger partial charge in [-0.1, -0.05) is 30.3 Å². The van der Waals surface area contributed by atoms with Crippen LogP contribution < -0.4 is 0 Å². The average Bonchev–Trinajstić information content (AvgIpc) is 2.37. The number of carboxylic acid groups (broad SMARTS) is 1. The molecular formula is C13H14N2O3. The highest BCUT2D eigenvalue weighted by Gasteiger charge is 2.36. The van der Waals surface area contributed by atoms with E-state index in [-0.39, 0.29) is 13.1 Å². The van der Waals surface area contributed by atoms with Gasteiger partial charge in [0.05, 0.1) is 13.1 Å². The standard InChI is InChI=1S/C13H14N2O3/c16-12(17)15(9-11-5-2-1-3-6-11)13(18)7-4-8-14-10-13/h1-8,18H,9-10H2,(H,16,17). The number of nitrogens with zero attached hydrogens (tertiary/aromatic N) is 2. The third kappa shape index (κ3) is 2.57. The van der Waals surface area contributed by atoms with Gasteiger partial charge in [-0.3, -0.25) is 9.89 Å². The molecule has 0 spiro atoms. The molecular weight excluding hydrogens is 232 g/mol. The first-order chi connectivity index (χ1) is 8.62. The van der Waals surface area contributed by atoms with E-state index < -0.39 is 11.8 Å². The molecule has 0 aromatic heterocycles. The van der Waals surface area contributed by atoms with Gasteiger partial charge in [0, 0.05) is 6.21 Å². The third-order valence-corrected chi connectivity index (χ3v) is 2.76. The number of allylic oxidation sites excluding steroid dienone is 1. The third-order valence-electron chi connectivity index (χ3n) is 2.76. The van der Waals surface area contributed by atoms with E-state index in [1.807, 2.05) is 30.3 Å². The Morgan fingerprint density at radius 3 is 2.67 bits per heavy atom. The van der Waals surface area contributed by atoms with E-state index in [9.17, 15) is 15.0 Å². The molecule has 0 saturated carbocycles. The number of rotatable bonds is 3. The molecule has 0 aliphatic carbocycles. The highest BCUT2D eigenvalue weighted by molar-refractivity contribution is 5.74. The SMILES string of the molecule is O=C(O)N(Cc1ccccc1)C1(O)C=CC=NC1. The van der Waals surface area contributed by atoms with Gasteiger partial charge in [-0.2, -0.15) is 0 Å². The molecule has 0 fully saturated rings. The lowest BCUT2D eigenvalue weighted by Gasteiger charge is -2.35. The lowest BCUT2D eigenvalue weighted by Crippen LogP contribution is -2.52. The molecule has 94 valence electrons. The van der Waals surface area contributed by atoms with Gasteiger partial charge in [-0.05, 0) is 17.7 Å². The van der Waals surface area contributed by atoms with Crippen molar-refractivity contribution in [3.05, 3.63) is 48.0 Å². The summed E-state index contributed by atoms with van der Waals surface area (Å²) in [6.45, 7) is 0.134. The number of benzene rings is 1. The van der Waals surface area contributed by atoms with Gasteiger partial charge in [0.15, 0.2) is 5.72 Å². The van der Waals surface area contributed by atoms with Crippen LogP contribution >= 0.6 is 0 Å². The average molecular weight is 246 g/mol. The Morgan fingerprint density at radius 1 is 1.39 bits per heavy atom. The quantitative estimate of drug-likeness (QED) is 0.794. The summed E-state index contributed by atoms with van der Waals surface area (Å²) in [6, 6.07) is 9.14. The van der Waals surface area contributed by atoms with Gasteiger partial charge >= 0.3 is 6.09 Å². The second-order valence-corrected chi connectivity index (χ2v) is 4.08. The Kier molecular flexibility index (Phi) is 3.43. The predicted octanol–water partition coefficient (Wildman–Crippen LogP) is 1.50. The molecule has 1 aliphatic heterocycles. The van der Waals surface area contributed by atoms with Crippen molar-refractivity contribution in [2.75, 3.05) is 6.54 Å². The van der Waals surface area contributed by atoms with Crippen LogP contribution in [0.3, 0.4) is 0 Å². The second kappa shape index (κ2) is 5.01. The maximum atomic E-state index is 11.3. The van der Waals surface area contributed by atoms with E-state index in [4.69, 9.17) is 0 Å². The summed E-state index contributed by atoms with van der Waals surface area (Å²) in [6.07, 6.45) is 3.35. The molecule has 1 amide bonds. The Morgan fingerprint density at radius 2 is 2.11 bits per heavy atom. The molecule has 5 heteroatoms. The summed E-state index contributed by atoms with van der Waals surface area (Å²) in [7, 11) is 0. The van der Waals surface area contributed by atoms with Crippen LogP contribution in [0, 0.1) is 0 Å². The van der Waals surface area contributed by atoms with Gasteiger partial charge in [0.2, 0.25) is 0 Å². The zero-order chi connectivity index (χ0) is 13.0. The normalized spacial score (nSPS) is 21.8. The van der Waals surface area contributed by atoms with Crippen LogP contribution in [0.15, 0.2) is 47.5 Å². The van der Waals surface area contributed by atoms with Gasteiger partial charge in [-0.15, -0.1) is 0 Å². The topological polar surface area (TPSA) is 73.1 Å². The molecule has 18 heavy (non-hydrogen) atoms. The molecule has 0 radical (unpaired) electrons. The molecule has 1 aliphatic rings. The van der Waals surface area contributed by atoms with Crippen LogP contribution in [0.2, 0.25) is 0 Å². The number of hydrogen-bond donors (Lipinski definition) is 2. The van der Waals surface area contributed by atoms with E-state index in [1.165, 1.54) is 12.3 Å². The largest absolute Gasteiger partial charge is 0.465 e. The maximum absolute atomic E-state index is 11.3. The number of aliphatic imine (C=N–C) groups is 1. The Bertz CT molecular complexity index is 484. The van der Waals surface area contributed by atoms with E-state index in [1.54, 1.807) is 6.08 Å². The summed E-state index contributed by atoms with van der Waals surface area (Å²) in [5.41, 5.74) is -0.757. The lowest BCUT2D eigenvalue weighted by molar-refractivity contribution is -0.0500. The molecule has 2 N–H and O–H groups in total. The van der Waals surface area contributed by atoms with Crippen LogP contribution in [0.5, 0.6) is 0 Å². The van der Waals surface area contributed by atoms with Crippen molar-refractivity contribution < 1.29 is 15.0 Å². The Hall–Kier alpha value is -2.14. The predicted molar refractivity (Wildman–Crippen MR) is 67.5 cm³/mol. The van der Waals surface area contributed by atoms with Crippen LogP contribution in [0.4, 0.5) is 4.79 Å². The van der Waals surface area contributed by atoms with Crippen molar-refractivity contribution in [1.29, 1.82) is 0 Å². The van der Waals surface area contributed by atoms with Crippen LogP contribution in [-0.4, -0.2) is 39.7 Å². The Balaban J connectivity index is 2.22. The highest BCUT2D eigenvalue weighted by Crippen LogP contribution is 2.20. The molecule has 5 nitrogen and oxygen atoms in total. The van der Waals surface area contributed by atoms with Gasteiger partial charge in [-0.25, -0.2) is 4.79 Å². The Labute approximate surface area is 105 Å². The van der Waals surface area contributed by atoms with Gasteiger partial charge in [0.25, 0.3) is 0 Å². The molecule has 1 atom stereocenters. The first-order valence-electron chi connectivity index (χ1n) is 5.56. The van der Waals surface area contributed by atoms with Crippen molar-refractivity contribution in [1.82, 2.24) is 4.90 Å². The summed E-state index contributed by atoms with van der Waals surface area (Å²) in [5.74, 6) is 0. The lowest BCUT2D eigenvalue weighted by atomic mass is 10.1. The first-order valence-corrected chi connectivity index (χ1v) is 5.56. The van der Waals surface area contributed by atoms with Crippen LogP contribution in [0.1, 0.15) is 5.56 Å². The van der Waals surface area contributed by atoms with Gasteiger partial charge < -0.3 is 10.2 Å². The molecule has 2 rings (SSSR count). The molecule has 1 unspecified atom stereocenters. The maximum Gasteiger partial charge on any atom is 0.410 e. The fourth-order valence-electron chi connectivity index (χ4n) is 1.81. The number of hydrogen-bond acceptors (Lipinski definition) is 3. The summed E-state index contributed by atoms with van der Waals surface area (Å²) in [4.78, 5) is 16.2. The number of carbonyl (C=O) groups is 1. The fraction of sp³-hybridized carbons (Fsp3) is 0.231.